The molecule has 1 unspecified atom stereocenters. The van der Waals surface area contributed by atoms with Crippen LogP contribution in [0.1, 0.15) is 24.9 Å². The number of benzene rings is 1. The molecule has 1 amide bonds. The predicted octanol–water partition coefficient (Wildman–Crippen LogP) is 2.53. The number of hydrogen-bond donors (Lipinski definition) is 0. The number of ether oxygens (including phenoxy) is 2. The highest BCUT2D eigenvalue weighted by Crippen LogP contribution is 2.40. The number of aliphatic imine (C=N–C) groups is 1. The Morgan fingerprint density at radius 3 is 2.80 bits per heavy atom. The van der Waals surface area contributed by atoms with Crippen LogP contribution in [0.5, 0.6) is 0 Å². The molecule has 1 aromatic rings. The Morgan fingerprint density at radius 2 is 2.08 bits per heavy atom. The predicted molar refractivity (Wildman–Crippen MR) is 96.1 cm³/mol. The van der Waals surface area contributed by atoms with E-state index >= 15 is 0 Å². The van der Waals surface area contributed by atoms with Crippen LogP contribution in [0, 0.1) is 0 Å². The zero-order valence-electron chi connectivity index (χ0n) is 14.2. The molecule has 2 aliphatic heterocycles. The smallest absolute Gasteiger partial charge is 0.338 e. The van der Waals surface area contributed by atoms with Crippen molar-refractivity contribution in [2.45, 2.75) is 19.4 Å². The van der Waals surface area contributed by atoms with Crippen molar-refractivity contribution in [3.8, 4) is 0 Å². The molecular weight excluding hydrogens is 340 g/mol. The molecule has 25 heavy (non-hydrogen) atoms. The summed E-state index contributed by atoms with van der Waals surface area (Å²) in [7, 11) is 1.55. The number of carbonyl (C=O) groups excluding carboxylic acids is 2. The van der Waals surface area contributed by atoms with Crippen LogP contribution < -0.4 is 0 Å². The molecule has 3 rings (SSSR count). The van der Waals surface area contributed by atoms with Gasteiger partial charge in [-0.1, -0.05) is 42.1 Å². The van der Waals surface area contributed by atoms with Crippen LogP contribution in [0.2, 0.25) is 0 Å². The first-order chi connectivity index (χ1) is 12.1. The summed E-state index contributed by atoms with van der Waals surface area (Å²) in [5.41, 5.74) is 1.86. The average molecular weight is 360 g/mol. The van der Waals surface area contributed by atoms with Gasteiger partial charge in [0.25, 0.3) is 0 Å². The van der Waals surface area contributed by atoms with Gasteiger partial charge in [-0.15, -0.1) is 0 Å². The highest BCUT2D eigenvalue weighted by molar-refractivity contribution is 8.14. The van der Waals surface area contributed by atoms with Crippen molar-refractivity contribution in [1.29, 1.82) is 0 Å². The van der Waals surface area contributed by atoms with Gasteiger partial charge < -0.3 is 9.47 Å². The second kappa shape index (κ2) is 7.84. The van der Waals surface area contributed by atoms with E-state index < -0.39 is 12.0 Å². The van der Waals surface area contributed by atoms with E-state index in [1.807, 2.05) is 30.3 Å². The summed E-state index contributed by atoms with van der Waals surface area (Å²) in [4.78, 5) is 31.4. The molecule has 2 aliphatic rings. The number of esters is 1. The van der Waals surface area contributed by atoms with E-state index in [1.165, 1.54) is 11.8 Å². The lowest BCUT2D eigenvalue weighted by molar-refractivity contribution is -0.141. The van der Waals surface area contributed by atoms with Crippen molar-refractivity contribution in [3.63, 3.8) is 0 Å². The molecule has 6 nitrogen and oxygen atoms in total. The number of fused-ring (bicyclic) bond motifs is 1. The van der Waals surface area contributed by atoms with E-state index in [1.54, 1.807) is 18.9 Å². The minimum atomic E-state index is -0.510. The SMILES string of the molecule is COCCOC(=O)C1=C(C)N=C2SCCC(=O)N2C1c1ccccc1. The lowest BCUT2D eigenvalue weighted by Crippen LogP contribution is -2.45. The number of carbonyl (C=O) groups is 2. The lowest BCUT2D eigenvalue weighted by atomic mass is 9.94. The molecule has 0 bridgehead atoms. The summed E-state index contributed by atoms with van der Waals surface area (Å²) in [6, 6.07) is 9.01. The van der Waals surface area contributed by atoms with Crippen molar-refractivity contribution in [2.24, 2.45) is 4.99 Å². The van der Waals surface area contributed by atoms with Crippen molar-refractivity contribution < 1.29 is 19.1 Å². The fraction of sp³-hybridized carbons (Fsp3) is 0.389. The third kappa shape index (κ3) is 3.62. The molecule has 1 saturated heterocycles. The quantitative estimate of drug-likeness (QED) is 0.596. The molecule has 1 aromatic carbocycles. The second-order valence-electron chi connectivity index (χ2n) is 5.70. The van der Waals surface area contributed by atoms with E-state index in [9.17, 15) is 9.59 Å². The lowest BCUT2D eigenvalue weighted by Gasteiger charge is -2.38. The van der Waals surface area contributed by atoms with Crippen LogP contribution in [-0.2, 0) is 19.1 Å². The number of amidine groups is 1. The van der Waals surface area contributed by atoms with Gasteiger partial charge in [0.15, 0.2) is 5.17 Å². The van der Waals surface area contributed by atoms with Crippen LogP contribution in [-0.4, -0.2) is 48.0 Å². The van der Waals surface area contributed by atoms with E-state index in [2.05, 4.69) is 4.99 Å². The molecule has 0 saturated carbocycles. The molecule has 0 spiro atoms. The standard InChI is InChI=1S/C18H20N2O4S/c1-12-15(17(22)24-10-9-23-2)16(13-6-4-3-5-7-13)20-14(21)8-11-25-18(20)19-12/h3-7,16H,8-11H2,1-2H3. The third-order valence-electron chi connectivity index (χ3n) is 4.06. The molecule has 0 aliphatic carbocycles. The molecule has 0 aromatic heterocycles. The van der Waals surface area contributed by atoms with Gasteiger partial charge in [-0.25, -0.2) is 9.79 Å². The fourth-order valence-corrected chi connectivity index (χ4v) is 3.91. The Hall–Kier alpha value is -2.12. The highest BCUT2D eigenvalue weighted by atomic mass is 32.2. The van der Waals surface area contributed by atoms with Crippen molar-refractivity contribution in [1.82, 2.24) is 4.90 Å². The number of allylic oxidation sites excluding steroid dienone is 1. The first kappa shape index (κ1) is 17.7. The molecule has 1 atom stereocenters. The molecule has 7 heteroatoms. The van der Waals surface area contributed by atoms with Gasteiger partial charge >= 0.3 is 5.97 Å². The average Bonchev–Trinajstić information content (AvgIpc) is 2.61. The van der Waals surface area contributed by atoms with Gasteiger partial charge in [-0.2, -0.15) is 0 Å². The number of hydrogen-bond acceptors (Lipinski definition) is 6. The van der Waals surface area contributed by atoms with Crippen LogP contribution in [0.4, 0.5) is 0 Å². The maximum absolute atomic E-state index is 12.7. The summed E-state index contributed by atoms with van der Waals surface area (Å²) in [5.74, 6) is 0.215. The number of rotatable bonds is 5. The van der Waals surface area contributed by atoms with Gasteiger partial charge in [0.05, 0.1) is 23.9 Å². The van der Waals surface area contributed by atoms with Crippen molar-refractivity contribution >= 4 is 28.8 Å². The topological polar surface area (TPSA) is 68.2 Å². The fourth-order valence-electron chi connectivity index (χ4n) is 2.90. The minimum Gasteiger partial charge on any atom is -0.460 e. The summed E-state index contributed by atoms with van der Waals surface area (Å²) in [6.07, 6.45) is 0.429. The highest BCUT2D eigenvalue weighted by Gasteiger charge is 2.41. The minimum absolute atomic E-state index is 0.0268. The molecular formula is C18H20N2O4S. The number of nitrogens with zero attached hydrogens (tertiary/aromatic N) is 2. The van der Waals surface area contributed by atoms with Crippen LogP contribution >= 0.6 is 11.8 Å². The number of methoxy groups -OCH3 is 1. The number of amides is 1. The molecule has 0 radical (unpaired) electrons. The van der Waals surface area contributed by atoms with Gasteiger partial charge in [0, 0.05) is 19.3 Å². The second-order valence-corrected chi connectivity index (χ2v) is 6.76. The van der Waals surface area contributed by atoms with E-state index in [4.69, 9.17) is 9.47 Å². The first-order valence-electron chi connectivity index (χ1n) is 8.08. The normalized spacial score (nSPS) is 20.2. The van der Waals surface area contributed by atoms with E-state index in [-0.39, 0.29) is 12.5 Å². The first-order valence-corrected chi connectivity index (χ1v) is 9.07. The maximum atomic E-state index is 12.7. The van der Waals surface area contributed by atoms with Crippen LogP contribution in [0.15, 0.2) is 46.6 Å². The van der Waals surface area contributed by atoms with Crippen molar-refractivity contribution in [2.75, 3.05) is 26.1 Å². The zero-order chi connectivity index (χ0) is 17.8. The van der Waals surface area contributed by atoms with E-state index in [0.29, 0.717) is 35.2 Å². The third-order valence-corrected chi connectivity index (χ3v) is 5.02. The maximum Gasteiger partial charge on any atom is 0.338 e. The number of thioether (sulfide) groups is 1. The Balaban J connectivity index is 2.02. The Labute approximate surface area is 150 Å². The van der Waals surface area contributed by atoms with Crippen LogP contribution in [0.25, 0.3) is 0 Å². The van der Waals surface area contributed by atoms with Crippen LogP contribution in [0.3, 0.4) is 0 Å². The van der Waals surface area contributed by atoms with E-state index in [0.717, 1.165) is 5.56 Å². The van der Waals surface area contributed by atoms with Crippen molar-refractivity contribution in [3.05, 3.63) is 47.2 Å². The summed E-state index contributed by atoms with van der Waals surface area (Å²) >= 11 is 1.54. The Kier molecular flexibility index (Phi) is 5.55. The zero-order valence-corrected chi connectivity index (χ0v) is 15.0. The Morgan fingerprint density at radius 1 is 1.32 bits per heavy atom. The molecule has 132 valence electrons. The van der Waals surface area contributed by atoms with Gasteiger partial charge in [0.1, 0.15) is 6.61 Å². The summed E-state index contributed by atoms with van der Waals surface area (Å²) in [5, 5.41) is 0.649. The van der Waals surface area contributed by atoms with Gasteiger partial charge in [-0.05, 0) is 12.5 Å². The van der Waals surface area contributed by atoms with Gasteiger partial charge in [-0.3, -0.25) is 9.69 Å². The molecule has 1 fully saturated rings. The molecule has 0 N–H and O–H groups in total. The summed E-state index contributed by atoms with van der Waals surface area (Å²) in [6.45, 7) is 2.26. The molecule has 2 heterocycles. The largest absolute Gasteiger partial charge is 0.460 e. The summed E-state index contributed by atoms with van der Waals surface area (Å²) < 4.78 is 10.3. The van der Waals surface area contributed by atoms with Gasteiger partial charge in [0.2, 0.25) is 5.91 Å². The Bertz CT molecular complexity index is 730. The monoisotopic (exact) mass is 360 g/mol.